The second-order valence-corrected chi connectivity index (χ2v) is 4.39. The normalized spacial score (nSPS) is 21.4. The first-order valence-electron chi connectivity index (χ1n) is 6.08. The lowest BCUT2D eigenvalue weighted by Crippen LogP contribution is -2.19. The number of anilines is 1. The maximum Gasteiger partial charge on any atom is 0.322 e. The third-order valence-corrected chi connectivity index (χ3v) is 3.09. The second-order valence-electron chi connectivity index (χ2n) is 4.39. The fourth-order valence-corrected chi connectivity index (χ4v) is 1.74. The Labute approximate surface area is 100 Å². The molecule has 1 fully saturated rings. The maximum absolute atomic E-state index is 11.6. The molecular weight excluding hydrogens is 220 g/mol. The van der Waals surface area contributed by atoms with E-state index in [2.05, 4.69) is 20.8 Å². The van der Waals surface area contributed by atoms with Gasteiger partial charge in [0.15, 0.2) is 0 Å². The Bertz CT molecular complexity index is 385. The van der Waals surface area contributed by atoms with Gasteiger partial charge in [-0.3, -0.25) is 10.1 Å². The molecule has 2 unspecified atom stereocenters. The van der Waals surface area contributed by atoms with Crippen LogP contribution in [-0.4, -0.2) is 22.6 Å². The number of nitrogens with zero attached hydrogens (tertiary/aromatic N) is 2. The van der Waals surface area contributed by atoms with Gasteiger partial charge < -0.3 is 9.73 Å². The van der Waals surface area contributed by atoms with Gasteiger partial charge >= 0.3 is 6.01 Å². The minimum atomic E-state index is -0.0814. The summed E-state index contributed by atoms with van der Waals surface area (Å²) >= 11 is 0. The molecule has 6 nitrogen and oxygen atoms in total. The highest BCUT2D eigenvalue weighted by Gasteiger charge is 2.23. The first-order chi connectivity index (χ1) is 8.20. The first-order valence-corrected chi connectivity index (χ1v) is 6.08. The van der Waals surface area contributed by atoms with Gasteiger partial charge in [-0.15, -0.1) is 5.10 Å². The van der Waals surface area contributed by atoms with Crippen LogP contribution in [0.4, 0.5) is 6.01 Å². The predicted molar refractivity (Wildman–Crippen MR) is 62.4 cm³/mol. The predicted octanol–water partition coefficient (Wildman–Crippen LogP) is 1.48. The SMILES string of the molecule is CCC(C)C(=O)Nc1nnc(C2CCCN2)o1. The molecule has 6 heteroatoms. The van der Waals surface area contributed by atoms with Gasteiger partial charge in [-0.1, -0.05) is 18.9 Å². The molecule has 2 atom stereocenters. The number of hydrogen-bond donors (Lipinski definition) is 2. The Hall–Kier alpha value is -1.43. The fraction of sp³-hybridized carbons (Fsp3) is 0.727. The van der Waals surface area contributed by atoms with E-state index >= 15 is 0 Å². The molecule has 17 heavy (non-hydrogen) atoms. The van der Waals surface area contributed by atoms with Crippen LogP contribution in [0.25, 0.3) is 0 Å². The molecule has 0 aliphatic carbocycles. The lowest BCUT2D eigenvalue weighted by atomic mass is 10.1. The summed E-state index contributed by atoms with van der Waals surface area (Å²) in [6.07, 6.45) is 2.90. The van der Waals surface area contributed by atoms with Crippen LogP contribution in [0.15, 0.2) is 4.42 Å². The van der Waals surface area contributed by atoms with E-state index in [4.69, 9.17) is 4.42 Å². The summed E-state index contributed by atoms with van der Waals surface area (Å²) in [6, 6.07) is 0.329. The topological polar surface area (TPSA) is 80.0 Å². The van der Waals surface area contributed by atoms with Gasteiger partial charge in [-0.25, -0.2) is 0 Å². The summed E-state index contributed by atoms with van der Waals surface area (Å²) in [5.74, 6) is 0.430. The van der Waals surface area contributed by atoms with Crippen molar-refractivity contribution in [3.05, 3.63) is 5.89 Å². The average Bonchev–Trinajstić information content (AvgIpc) is 2.97. The van der Waals surface area contributed by atoms with E-state index in [1.165, 1.54) is 0 Å². The summed E-state index contributed by atoms with van der Waals surface area (Å²) in [4.78, 5) is 11.6. The van der Waals surface area contributed by atoms with E-state index in [0.717, 1.165) is 25.8 Å². The zero-order valence-corrected chi connectivity index (χ0v) is 10.2. The molecule has 1 aliphatic heterocycles. The molecule has 2 N–H and O–H groups in total. The number of nitrogens with one attached hydrogen (secondary N) is 2. The molecule has 1 aromatic rings. The fourth-order valence-electron chi connectivity index (χ4n) is 1.74. The highest BCUT2D eigenvalue weighted by Crippen LogP contribution is 2.22. The molecule has 0 radical (unpaired) electrons. The number of aromatic nitrogens is 2. The van der Waals surface area contributed by atoms with Crippen molar-refractivity contribution in [3.63, 3.8) is 0 Å². The van der Waals surface area contributed by atoms with E-state index in [9.17, 15) is 4.79 Å². The van der Waals surface area contributed by atoms with Crippen LogP contribution in [0.5, 0.6) is 0 Å². The number of carbonyl (C=O) groups excluding carboxylic acids is 1. The Morgan fingerprint density at radius 2 is 2.47 bits per heavy atom. The number of amides is 1. The summed E-state index contributed by atoms with van der Waals surface area (Å²) in [5, 5.41) is 13.7. The molecule has 0 spiro atoms. The van der Waals surface area contributed by atoms with E-state index in [1.807, 2.05) is 13.8 Å². The highest BCUT2D eigenvalue weighted by molar-refractivity contribution is 5.90. The largest absolute Gasteiger partial charge is 0.406 e. The van der Waals surface area contributed by atoms with Crippen LogP contribution in [0.2, 0.25) is 0 Å². The monoisotopic (exact) mass is 238 g/mol. The quantitative estimate of drug-likeness (QED) is 0.830. The van der Waals surface area contributed by atoms with Crippen molar-refractivity contribution in [3.8, 4) is 0 Å². The van der Waals surface area contributed by atoms with Gasteiger partial charge in [0.1, 0.15) is 0 Å². The van der Waals surface area contributed by atoms with E-state index in [1.54, 1.807) is 0 Å². The van der Waals surface area contributed by atoms with Crippen molar-refractivity contribution in [2.75, 3.05) is 11.9 Å². The molecule has 0 saturated carbocycles. The zero-order chi connectivity index (χ0) is 12.3. The smallest absolute Gasteiger partial charge is 0.322 e. The van der Waals surface area contributed by atoms with Crippen LogP contribution in [0.1, 0.15) is 45.0 Å². The lowest BCUT2D eigenvalue weighted by molar-refractivity contribution is -0.119. The van der Waals surface area contributed by atoms with Crippen LogP contribution >= 0.6 is 0 Å². The van der Waals surface area contributed by atoms with Gasteiger partial charge in [0.25, 0.3) is 0 Å². The van der Waals surface area contributed by atoms with Crippen LogP contribution in [0, 0.1) is 5.92 Å². The first kappa shape index (κ1) is 12.0. The summed E-state index contributed by atoms with van der Waals surface area (Å²) in [5.41, 5.74) is 0. The Balaban J connectivity index is 1.96. The number of carbonyl (C=O) groups is 1. The Morgan fingerprint density at radius 1 is 1.65 bits per heavy atom. The minimum absolute atomic E-state index is 0.0463. The summed E-state index contributed by atoms with van der Waals surface area (Å²) in [6.45, 7) is 4.80. The van der Waals surface area contributed by atoms with Crippen LogP contribution in [0.3, 0.4) is 0 Å². The third-order valence-electron chi connectivity index (χ3n) is 3.09. The number of rotatable bonds is 4. The highest BCUT2D eigenvalue weighted by atomic mass is 16.4. The van der Waals surface area contributed by atoms with Crippen molar-refractivity contribution >= 4 is 11.9 Å². The Kier molecular flexibility index (Phi) is 3.73. The molecule has 0 bridgehead atoms. The van der Waals surface area contributed by atoms with Crippen molar-refractivity contribution in [1.29, 1.82) is 0 Å². The van der Waals surface area contributed by atoms with Gasteiger partial charge in [0.2, 0.25) is 11.8 Å². The summed E-state index contributed by atoms with van der Waals surface area (Å²) in [7, 11) is 0. The molecular formula is C11H18N4O2. The van der Waals surface area contributed by atoms with Gasteiger partial charge in [0.05, 0.1) is 6.04 Å². The molecule has 2 rings (SSSR count). The van der Waals surface area contributed by atoms with Crippen LogP contribution < -0.4 is 10.6 Å². The average molecular weight is 238 g/mol. The molecule has 1 amide bonds. The number of hydrogen-bond acceptors (Lipinski definition) is 5. The minimum Gasteiger partial charge on any atom is -0.406 e. The third kappa shape index (κ3) is 2.82. The summed E-state index contributed by atoms with van der Waals surface area (Å²) < 4.78 is 5.42. The van der Waals surface area contributed by atoms with Gasteiger partial charge in [0, 0.05) is 5.92 Å². The molecule has 94 valence electrons. The standard InChI is InChI=1S/C11H18N4O2/c1-3-7(2)9(16)13-11-15-14-10(17-11)8-5-4-6-12-8/h7-8,12H,3-6H2,1-2H3,(H,13,15,16). The van der Waals surface area contributed by atoms with Crippen LogP contribution in [-0.2, 0) is 4.79 Å². The molecule has 1 aliphatic rings. The molecule has 2 heterocycles. The van der Waals surface area contributed by atoms with E-state index in [0.29, 0.717) is 5.89 Å². The molecule has 1 aromatic heterocycles. The van der Waals surface area contributed by atoms with Gasteiger partial charge in [-0.2, -0.15) is 0 Å². The zero-order valence-electron chi connectivity index (χ0n) is 10.2. The molecule has 1 saturated heterocycles. The van der Waals surface area contributed by atoms with Crippen molar-refractivity contribution < 1.29 is 9.21 Å². The Morgan fingerprint density at radius 3 is 3.12 bits per heavy atom. The van der Waals surface area contributed by atoms with Crippen molar-refractivity contribution in [2.24, 2.45) is 5.92 Å². The second kappa shape index (κ2) is 5.27. The van der Waals surface area contributed by atoms with E-state index < -0.39 is 0 Å². The lowest BCUT2D eigenvalue weighted by Gasteiger charge is -2.06. The van der Waals surface area contributed by atoms with Crippen molar-refractivity contribution in [2.45, 2.75) is 39.2 Å². The van der Waals surface area contributed by atoms with Crippen molar-refractivity contribution in [1.82, 2.24) is 15.5 Å². The molecule has 0 aromatic carbocycles. The van der Waals surface area contributed by atoms with Gasteiger partial charge in [-0.05, 0) is 25.8 Å². The maximum atomic E-state index is 11.6. The van der Waals surface area contributed by atoms with E-state index in [-0.39, 0.29) is 23.9 Å².